The number of phenols is 1. The second kappa shape index (κ2) is 21.7. The summed E-state index contributed by atoms with van der Waals surface area (Å²) < 4.78 is 30.8. The van der Waals surface area contributed by atoms with Crippen LogP contribution in [0.25, 0.3) is 0 Å². The second-order valence-electron chi connectivity index (χ2n) is 9.06. The molecule has 0 atom stereocenters. The summed E-state index contributed by atoms with van der Waals surface area (Å²) in [5.74, 6) is 3.33. The Morgan fingerprint density at radius 1 is 0.674 bits per heavy atom. The van der Waals surface area contributed by atoms with E-state index in [1.54, 1.807) is 93.1 Å². The fourth-order valence-corrected chi connectivity index (χ4v) is 3.23. The van der Waals surface area contributed by atoms with Crippen LogP contribution in [0.15, 0.2) is 97.6 Å². The van der Waals surface area contributed by atoms with Crippen LogP contribution in [0.3, 0.4) is 0 Å². The predicted molar refractivity (Wildman–Crippen MR) is 183 cm³/mol. The van der Waals surface area contributed by atoms with Crippen LogP contribution in [-0.4, -0.2) is 52.2 Å². The van der Waals surface area contributed by atoms with Gasteiger partial charge < -0.3 is 56.5 Å². The lowest BCUT2D eigenvalue weighted by atomic mass is 10.3. The Bertz CT molecular complexity index is 1390. The standard InChI is InChI=1S/C16H18N2O4.C8H11NO2.C7H9NO2.C3H6/c17-12-1-5-14(6-2-12)20-9-16(22-11-19)10-21-15-7-3-13(18)4-8-15;1-10-6-3-4-7(9)8(5-6)11-2;1-10-7-4-5(9)2-3-6(7)8;1-3-2/h1-8,11,16H,9-10,17-18H2;3-5H,9H2,1-2H3;2-4,9H,8H2,1H3;3H,1H2,2H3. The lowest BCUT2D eigenvalue weighted by Gasteiger charge is -2.17. The Morgan fingerprint density at radius 2 is 1.09 bits per heavy atom. The maximum atomic E-state index is 10.6. The van der Waals surface area contributed by atoms with Crippen LogP contribution in [0, 0.1) is 0 Å². The van der Waals surface area contributed by atoms with Gasteiger partial charge in [-0.2, -0.15) is 0 Å². The number of rotatable bonds is 11. The molecule has 0 fully saturated rings. The number of hydrogen-bond donors (Lipinski definition) is 5. The molecular formula is C34H44N4O8. The van der Waals surface area contributed by atoms with Gasteiger partial charge in [-0.15, -0.1) is 6.58 Å². The van der Waals surface area contributed by atoms with E-state index in [9.17, 15) is 4.79 Å². The van der Waals surface area contributed by atoms with Gasteiger partial charge in [-0.3, -0.25) is 4.79 Å². The fraction of sp³-hybridized carbons (Fsp3) is 0.206. The first-order valence-electron chi connectivity index (χ1n) is 13.8. The molecule has 4 aromatic carbocycles. The highest BCUT2D eigenvalue weighted by Crippen LogP contribution is 2.26. The summed E-state index contributed by atoms with van der Waals surface area (Å²) in [6.45, 7) is 5.98. The van der Waals surface area contributed by atoms with Gasteiger partial charge in [0.1, 0.15) is 47.7 Å². The first-order valence-corrected chi connectivity index (χ1v) is 13.8. The SMILES string of the molecule is C=CC.COc1cc(O)ccc1N.COc1ccc(N)c(OC)c1.Nc1ccc(OCC(COc2ccc(N)cc2)OC=O)cc1. The number of carbonyl (C=O) groups is 1. The summed E-state index contributed by atoms with van der Waals surface area (Å²) in [5, 5.41) is 8.93. The van der Waals surface area contributed by atoms with Crippen molar-refractivity contribution in [3.63, 3.8) is 0 Å². The largest absolute Gasteiger partial charge is 0.508 e. The van der Waals surface area contributed by atoms with E-state index in [-0.39, 0.29) is 19.0 Å². The molecule has 0 spiro atoms. The zero-order valence-electron chi connectivity index (χ0n) is 26.6. The average molecular weight is 637 g/mol. The summed E-state index contributed by atoms with van der Waals surface area (Å²) in [6.07, 6.45) is 1.23. The van der Waals surface area contributed by atoms with Crippen molar-refractivity contribution in [1.82, 2.24) is 0 Å². The molecule has 0 aliphatic rings. The Morgan fingerprint density at radius 3 is 1.48 bits per heavy atom. The highest BCUT2D eigenvalue weighted by atomic mass is 16.6. The van der Waals surface area contributed by atoms with Crippen LogP contribution in [0.1, 0.15) is 6.92 Å². The topological polar surface area (TPSA) is 197 Å². The quantitative estimate of drug-likeness (QED) is 0.0616. The molecule has 0 aliphatic carbocycles. The minimum absolute atomic E-state index is 0.158. The molecule has 248 valence electrons. The van der Waals surface area contributed by atoms with Gasteiger partial charge in [-0.1, -0.05) is 6.08 Å². The molecule has 0 bridgehead atoms. The van der Waals surface area contributed by atoms with E-state index in [1.165, 1.54) is 19.2 Å². The Balaban J connectivity index is 0.000000367. The van der Waals surface area contributed by atoms with Gasteiger partial charge in [-0.25, -0.2) is 0 Å². The first-order chi connectivity index (χ1) is 22.1. The number of aromatic hydroxyl groups is 1. The number of hydrogen-bond acceptors (Lipinski definition) is 12. The summed E-state index contributed by atoms with van der Waals surface area (Å²) >= 11 is 0. The highest BCUT2D eigenvalue weighted by molar-refractivity contribution is 5.56. The van der Waals surface area contributed by atoms with E-state index < -0.39 is 6.10 Å². The molecule has 0 radical (unpaired) electrons. The van der Waals surface area contributed by atoms with Crippen LogP contribution in [0.5, 0.6) is 34.5 Å². The van der Waals surface area contributed by atoms with Crippen molar-refractivity contribution in [1.29, 1.82) is 0 Å². The van der Waals surface area contributed by atoms with Crippen molar-refractivity contribution >= 4 is 29.2 Å². The smallest absolute Gasteiger partial charge is 0.293 e. The van der Waals surface area contributed by atoms with Gasteiger partial charge in [0, 0.05) is 23.5 Å². The Hall–Kier alpha value is -5.91. The summed E-state index contributed by atoms with van der Waals surface area (Å²) in [6, 6.07) is 23.8. The van der Waals surface area contributed by atoms with E-state index in [1.807, 2.05) is 6.92 Å². The zero-order chi connectivity index (χ0) is 34.3. The maximum absolute atomic E-state index is 10.6. The molecule has 0 aliphatic heterocycles. The van der Waals surface area contributed by atoms with Crippen LogP contribution in [-0.2, 0) is 9.53 Å². The molecule has 4 rings (SSSR count). The minimum Gasteiger partial charge on any atom is -0.508 e. The Labute approximate surface area is 270 Å². The summed E-state index contributed by atoms with van der Waals surface area (Å²) in [7, 11) is 4.68. The van der Waals surface area contributed by atoms with E-state index in [0.717, 1.165) is 5.75 Å². The predicted octanol–water partition coefficient (Wildman–Crippen LogP) is 5.31. The number of carbonyl (C=O) groups excluding carboxylic acids is 1. The van der Waals surface area contributed by atoms with Crippen LogP contribution >= 0.6 is 0 Å². The molecule has 0 unspecified atom stereocenters. The zero-order valence-corrected chi connectivity index (χ0v) is 26.6. The molecule has 0 saturated carbocycles. The molecule has 9 N–H and O–H groups in total. The molecule has 12 heteroatoms. The highest BCUT2D eigenvalue weighted by Gasteiger charge is 2.12. The second-order valence-corrected chi connectivity index (χ2v) is 9.06. The monoisotopic (exact) mass is 636 g/mol. The lowest BCUT2D eigenvalue weighted by molar-refractivity contribution is -0.136. The van der Waals surface area contributed by atoms with Crippen molar-refractivity contribution in [3.8, 4) is 34.5 Å². The van der Waals surface area contributed by atoms with Gasteiger partial charge in [0.2, 0.25) is 0 Å². The molecule has 0 amide bonds. The van der Waals surface area contributed by atoms with Gasteiger partial charge >= 0.3 is 0 Å². The van der Waals surface area contributed by atoms with E-state index in [2.05, 4.69) is 6.58 Å². The number of phenolic OH excluding ortho intramolecular Hbond substituents is 1. The molecule has 0 aromatic heterocycles. The van der Waals surface area contributed by atoms with E-state index in [0.29, 0.717) is 52.2 Å². The first kappa shape index (κ1) is 38.1. The minimum atomic E-state index is -0.521. The summed E-state index contributed by atoms with van der Waals surface area (Å²) in [4.78, 5) is 10.6. The number of nitrogens with two attached hydrogens (primary N) is 4. The Kier molecular flexibility index (Phi) is 18.0. The third kappa shape index (κ3) is 15.0. The van der Waals surface area contributed by atoms with Crippen molar-refractivity contribution in [3.05, 3.63) is 97.6 Å². The van der Waals surface area contributed by atoms with Crippen molar-refractivity contribution < 1.29 is 38.3 Å². The van der Waals surface area contributed by atoms with Gasteiger partial charge in [0.15, 0.2) is 6.10 Å². The molecule has 46 heavy (non-hydrogen) atoms. The molecule has 12 nitrogen and oxygen atoms in total. The maximum Gasteiger partial charge on any atom is 0.293 e. The number of methoxy groups -OCH3 is 3. The normalized spacial score (nSPS) is 9.41. The van der Waals surface area contributed by atoms with Crippen LogP contribution < -0.4 is 46.6 Å². The third-order valence-electron chi connectivity index (χ3n) is 5.54. The molecular weight excluding hydrogens is 592 g/mol. The summed E-state index contributed by atoms with van der Waals surface area (Å²) in [5.41, 5.74) is 24.7. The average Bonchev–Trinajstić information content (AvgIpc) is 3.06. The fourth-order valence-electron chi connectivity index (χ4n) is 3.23. The van der Waals surface area contributed by atoms with Crippen LogP contribution in [0.4, 0.5) is 22.7 Å². The van der Waals surface area contributed by atoms with Crippen molar-refractivity contribution in [2.75, 3.05) is 57.5 Å². The van der Waals surface area contributed by atoms with Crippen LogP contribution in [0.2, 0.25) is 0 Å². The van der Waals surface area contributed by atoms with Gasteiger partial charge in [0.05, 0.1) is 32.7 Å². The third-order valence-corrected chi connectivity index (χ3v) is 5.54. The molecule has 0 heterocycles. The van der Waals surface area contributed by atoms with E-state index in [4.69, 9.17) is 56.5 Å². The number of anilines is 4. The van der Waals surface area contributed by atoms with Crippen molar-refractivity contribution in [2.45, 2.75) is 13.0 Å². The number of allylic oxidation sites excluding steroid dienone is 1. The van der Waals surface area contributed by atoms with Crippen molar-refractivity contribution in [2.24, 2.45) is 0 Å². The number of nitrogen functional groups attached to an aromatic ring is 4. The molecule has 0 saturated heterocycles. The number of ether oxygens (including phenoxy) is 6. The lowest BCUT2D eigenvalue weighted by Crippen LogP contribution is -2.28. The van der Waals surface area contributed by atoms with E-state index >= 15 is 0 Å². The van der Waals surface area contributed by atoms with Gasteiger partial charge in [-0.05, 0) is 79.7 Å². The van der Waals surface area contributed by atoms with Gasteiger partial charge in [0.25, 0.3) is 6.47 Å². The number of benzene rings is 4. The molecule has 4 aromatic rings.